The van der Waals surface area contributed by atoms with Crippen LogP contribution in [0.1, 0.15) is 11.5 Å². The van der Waals surface area contributed by atoms with Crippen molar-refractivity contribution in [3.05, 3.63) is 82.7 Å². The summed E-state index contributed by atoms with van der Waals surface area (Å²) >= 11 is 12.6. The van der Waals surface area contributed by atoms with Crippen molar-refractivity contribution >= 4 is 23.2 Å². The van der Waals surface area contributed by atoms with E-state index in [1.165, 1.54) is 0 Å². The molecule has 0 radical (unpaired) electrons. The molecule has 1 saturated heterocycles. The fourth-order valence-electron chi connectivity index (χ4n) is 3.67. The van der Waals surface area contributed by atoms with E-state index < -0.39 is 5.79 Å². The average Bonchev–Trinajstić information content (AvgIpc) is 3.55. The summed E-state index contributed by atoms with van der Waals surface area (Å²) < 4.78 is 25.9. The van der Waals surface area contributed by atoms with Crippen molar-refractivity contribution in [1.29, 1.82) is 0 Å². The Morgan fingerprint density at radius 1 is 1.15 bits per heavy atom. The Morgan fingerprint density at radius 3 is 2.70 bits per heavy atom. The third kappa shape index (κ3) is 4.74. The summed E-state index contributed by atoms with van der Waals surface area (Å²) in [4.78, 5) is 4.11. The van der Waals surface area contributed by atoms with Crippen LogP contribution in [-0.4, -0.2) is 39.1 Å². The van der Waals surface area contributed by atoms with E-state index in [1.54, 1.807) is 31.6 Å². The van der Waals surface area contributed by atoms with E-state index in [0.29, 0.717) is 52.9 Å². The zero-order valence-corrected chi connectivity index (χ0v) is 19.2. The highest BCUT2D eigenvalue weighted by Gasteiger charge is 2.45. The smallest absolute Gasteiger partial charge is 0.247 e. The zero-order valence-electron chi connectivity index (χ0n) is 17.6. The highest BCUT2D eigenvalue weighted by molar-refractivity contribution is 6.35. The first kappa shape index (κ1) is 21.9. The first-order valence-corrected chi connectivity index (χ1v) is 11.0. The van der Waals surface area contributed by atoms with E-state index in [1.807, 2.05) is 41.1 Å². The molecule has 5 rings (SSSR count). The van der Waals surface area contributed by atoms with Crippen LogP contribution >= 0.6 is 23.2 Å². The Kier molecular flexibility index (Phi) is 6.07. The maximum atomic E-state index is 6.51. The second-order valence-electron chi connectivity index (χ2n) is 7.62. The van der Waals surface area contributed by atoms with E-state index in [-0.39, 0.29) is 6.10 Å². The van der Waals surface area contributed by atoms with Gasteiger partial charge in [-0.3, -0.25) is 0 Å². The minimum atomic E-state index is -1.09. The SMILES string of the molecule is Cc1nnc(-c2ccc(OCC3COC(Cn4ccnc4)(c4ccc(Cl)cc4Cl)O3)cc2)o1. The van der Waals surface area contributed by atoms with Crippen LogP contribution < -0.4 is 4.74 Å². The number of imidazole rings is 1. The molecule has 2 atom stereocenters. The molecule has 1 aliphatic rings. The lowest BCUT2D eigenvalue weighted by atomic mass is 10.1. The third-order valence-corrected chi connectivity index (χ3v) is 5.76. The number of benzene rings is 2. The van der Waals surface area contributed by atoms with E-state index in [4.69, 9.17) is 41.8 Å². The molecule has 0 N–H and O–H groups in total. The molecule has 33 heavy (non-hydrogen) atoms. The largest absolute Gasteiger partial charge is 0.491 e. The van der Waals surface area contributed by atoms with Crippen LogP contribution in [0.3, 0.4) is 0 Å². The standard InChI is InChI=1S/C23H20Cl2N4O4/c1-15-27-28-22(32-15)16-2-5-18(6-3-16)30-11-19-12-31-23(33-19,13-29-9-8-26-14-29)20-7-4-17(24)10-21(20)25/h2-10,14,19H,11-13H2,1H3. The fourth-order valence-corrected chi connectivity index (χ4v) is 4.22. The Morgan fingerprint density at radius 2 is 2.00 bits per heavy atom. The van der Waals surface area contributed by atoms with E-state index in [9.17, 15) is 0 Å². The van der Waals surface area contributed by atoms with Crippen LogP contribution in [0.5, 0.6) is 5.75 Å². The van der Waals surface area contributed by atoms with Gasteiger partial charge in [0.1, 0.15) is 18.5 Å². The summed E-state index contributed by atoms with van der Waals surface area (Å²) in [5.41, 5.74) is 1.52. The van der Waals surface area contributed by atoms with Gasteiger partial charge in [-0.1, -0.05) is 29.3 Å². The third-order valence-electron chi connectivity index (χ3n) is 5.21. The molecule has 1 aliphatic heterocycles. The first-order chi connectivity index (χ1) is 16.0. The van der Waals surface area contributed by atoms with Crippen molar-refractivity contribution in [2.45, 2.75) is 25.4 Å². The van der Waals surface area contributed by atoms with Crippen molar-refractivity contribution in [3.8, 4) is 17.2 Å². The van der Waals surface area contributed by atoms with Gasteiger partial charge in [0.25, 0.3) is 0 Å². The molecule has 0 amide bonds. The van der Waals surface area contributed by atoms with Crippen LogP contribution in [0, 0.1) is 6.92 Å². The summed E-state index contributed by atoms with van der Waals surface area (Å²) in [7, 11) is 0. The number of halogens is 2. The summed E-state index contributed by atoms with van der Waals surface area (Å²) in [6.07, 6.45) is 4.94. The molecule has 2 aromatic heterocycles. The summed E-state index contributed by atoms with van der Waals surface area (Å²) in [5.74, 6) is 0.588. The van der Waals surface area contributed by atoms with E-state index in [0.717, 1.165) is 5.56 Å². The minimum Gasteiger partial charge on any atom is -0.491 e. The lowest BCUT2D eigenvalue weighted by molar-refractivity contribution is -0.189. The van der Waals surface area contributed by atoms with Gasteiger partial charge in [0.2, 0.25) is 17.6 Å². The summed E-state index contributed by atoms with van der Waals surface area (Å²) in [6.45, 7) is 2.77. The highest BCUT2D eigenvalue weighted by Crippen LogP contribution is 2.40. The Bertz CT molecular complexity index is 1230. The van der Waals surface area contributed by atoms with E-state index >= 15 is 0 Å². The topological polar surface area (TPSA) is 84.4 Å². The van der Waals surface area contributed by atoms with Gasteiger partial charge in [-0.2, -0.15) is 0 Å². The molecule has 2 unspecified atom stereocenters. The lowest BCUT2D eigenvalue weighted by Crippen LogP contribution is -2.34. The number of nitrogens with zero attached hydrogens (tertiary/aromatic N) is 4. The van der Waals surface area contributed by atoms with Gasteiger partial charge < -0.3 is 23.2 Å². The average molecular weight is 487 g/mol. The van der Waals surface area contributed by atoms with Crippen LogP contribution in [0.2, 0.25) is 10.0 Å². The normalized spacial score (nSPS) is 20.3. The van der Waals surface area contributed by atoms with Crippen molar-refractivity contribution in [2.75, 3.05) is 13.2 Å². The quantitative estimate of drug-likeness (QED) is 0.367. The Hall–Kier alpha value is -2.91. The lowest BCUT2D eigenvalue weighted by Gasteiger charge is -2.30. The number of aromatic nitrogens is 4. The molecular formula is C23H20Cl2N4O4. The van der Waals surface area contributed by atoms with Crippen molar-refractivity contribution in [3.63, 3.8) is 0 Å². The Labute approximate surface area is 200 Å². The molecule has 1 fully saturated rings. The van der Waals surface area contributed by atoms with Gasteiger partial charge in [-0.05, 0) is 36.4 Å². The predicted octanol–water partition coefficient (Wildman–Crippen LogP) is 4.90. The molecule has 8 nitrogen and oxygen atoms in total. The zero-order chi connectivity index (χ0) is 22.8. The van der Waals surface area contributed by atoms with Crippen molar-refractivity contribution in [2.24, 2.45) is 0 Å². The molecule has 0 saturated carbocycles. The number of ether oxygens (including phenoxy) is 3. The Balaban J connectivity index is 1.29. The van der Waals surface area contributed by atoms with Crippen molar-refractivity contribution in [1.82, 2.24) is 19.7 Å². The van der Waals surface area contributed by atoms with E-state index in [2.05, 4.69) is 15.2 Å². The number of aryl methyl sites for hydroxylation is 1. The van der Waals surface area contributed by atoms with Crippen LogP contribution in [0.15, 0.2) is 65.6 Å². The van der Waals surface area contributed by atoms with Gasteiger partial charge in [-0.25, -0.2) is 4.98 Å². The molecule has 0 aliphatic carbocycles. The molecule has 4 aromatic rings. The van der Waals surface area contributed by atoms with Crippen LogP contribution in [0.25, 0.3) is 11.5 Å². The molecular weight excluding hydrogens is 467 g/mol. The maximum absolute atomic E-state index is 6.51. The van der Waals surface area contributed by atoms with Crippen LogP contribution in [0.4, 0.5) is 0 Å². The van der Waals surface area contributed by atoms with Gasteiger partial charge in [0.05, 0.1) is 24.5 Å². The molecule has 10 heteroatoms. The second kappa shape index (κ2) is 9.15. The monoisotopic (exact) mass is 486 g/mol. The summed E-state index contributed by atoms with van der Waals surface area (Å²) in [5, 5.41) is 8.88. The first-order valence-electron chi connectivity index (χ1n) is 10.3. The number of rotatable bonds is 7. The van der Waals surface area contributed by atoms with Gasteiger partial charge in [0.15, 0.2) is 0 Å². The van der Waals surface area contributed by atoms with Crippen molar-refractivity contribution < 1.29 is 18.6 Å². The number of hydrogen-bond acceptors (Lipinski definition) is 7. The molecule has 0 spiro atoms. The number of hydrogen-bond donors (Lipinski definition) is 0. The molecule has 170 valence electrons. The molecule has 2 aromatic carbocycles. The van der Waals surface area contributed by atoms with Gasteiger partial charge in [0, 0.05) is 35.5 Å². The maximum Gasteiger partial charge on any atom is 0.247 e. The summed E-state index contributed by atoms with van der Waals surface area (Å²) in [6, 6.07) is 12.7. The predicted molar refractivity (Wildman–Crippen MR) is 121 cm³/mol. The molecule has 0 bridgehead atoms. The second-order valence-corrected chi connectivity index (χ2v) is 8.47. The van der Waals surface area contributed by atoms with Gasteiger partial charge in [-0.15, -0.1) is 10.2 Å². The van der Waals surface area contributed by atoms with Gasteiger partial charge >= 0.3 is 0 Å². The highest BCUT2D eigenvalue weighted by atomic mass is 35.5. The van der Waals surface area contributed by atoms with Crippen LogP contribution in [-0.2, 0) is 21.8 Å². The fraction of sp³-hybridized carbons (Fsp3) is 0.261. The minimum absolute atomic E-state index is 0.301. The molecule has 3 heterocycles.